The average molecular weight is 339 g/mol. The highest BCUT2D eigenvalue weighted by Gasteiger charge is 2.39. The molecule has 0 spiro atoms. The third-order valence-electron chi connectivity index (χ3n) is 3.87. The molecule has 0 saturated carbocycles. The van der Waals surface area contributed by atoms with Crippen LogP contribution in [0.5, 0.6) is 5.75 Å². The maximum atomic E-state index is 12.4. The smallest absolute Gasteiger partial charge is 0.265 e. The van der Waals surface area contributed by atoms with E-state index in [1.54, 1.807) is 54.6 Å². The molecule has 7 nitrogen and oxygen atoms in total. The van der Waals surface area contributed by atoms with Crippen LogP contribution in [0, 0.1) is 0 Å². The number of anilines is 1. The molecule has 7 heteroatoms. The number of nitrogens with one attached hydrogen (secondary N) is 2. The van der Waals surface area contributed by atoms with E-state index in [4.69, 9.17) is 4.74 Å². The summed E-state index contributed by atoms with van der Waals surface area (Å²) in [4.78, 5) is 37.8. The number of ether oxygens (including phenoxy) is 1. The molecule has 0 aromatic heterocycles. The molecular formula is C18H17N3O4. The first-order chi connectivity index (χ1) is 12.1. The molecule has 1 aliphatic heterocycles. The van der Waals surface area contributed by atoms with E-state index in [2.05, 4.69) is 10.9 Å². The molecule has 1 saturated heterocycles. The zero-order valence-electron chi connectivity index (χ0n) is 13.6. The number of nitrogens with zero attached hydrogens (tertiary/aromatic N) is 1. The third kappa shape index (κ3) is 3.51. The minimum atomic E-state index is -0.796. The van der Waals surface area contributed by atoms with Gasteiger partial charge in [-0.25, -0.2) is 10.3 Å². The van der Waals surface area contributed by atoms with Gasteiger partial charge in [0, 0.05) is 5.56 Å². The lowest BCUT2D eigenvalue weighted by atomic mass is 10.2. The summed E-state index contributed by atoms with van der Waals surface area (Å²) in [5.41, 5.74) is 6.04. The molecule has 0 aliphatic carbocycles. The number of carbonyl (C=O) groups excluding carboxylic acids is 3. The number of benzene rings is 2. The van der Waals surface area contributed by atoms with E-state index < -0.39 is 17.9 Å². The van der Waals surface area contributed by atoms with Crippen molar-refractivity contribution in [2.45, 2.75) is 12.5 Å². The van der Waals surface area contributed by atoms with Gasteiger partial charge in [0.05, 0.1) is 19.2 Å². The van der Waals surface area contributed by atoms with Gasteiger partial charge in [-0.05, 0) is 36.4 Å². The molecule has 1 aliphatic rings. The number of para-hydroxylation sites is 1. The van der Waals surface area contributed by atoms with E-state index >= 15 is 0 Å². The van der Waals surface area contributed by atoms with Gasteiger partial charge in [0.15, 0.2) is 0 Å². The Labute approximate surface area is 144 Å². The topological polar surface area (TPSA) is 87.7 Å². The number of imide groups is 1. The number of methoxy groups -OCH3 is 1. The summed E-state index contributed by atoms with van der Waals surface area (Å²) in [5.74, 6) is -0.473. The van der Waals surface area contributed by atoms with Crippen molar-refractivity contribution in [1.82, 2.24) is 10.9 Å². The molecule has 2 aromatic carbocycles. The van der Waals surface area contributed by atoms with Crippen molar-refractivity contribution < 1.29 is 19.1 Å². The van der Waals surface area contributed by atoms with Crippen LogP contribution in [0.3, 0.4) is 0 Å². The van der Waals surface area contributed by atoms with Crippen LogP contribution < -0.4 is 20.5 Å². The minimum absolute atomic E-state index is 0.0172. The molecule has 3 rings (SSSR count). The molecule has 1 fully saturated rings. The van der Waals surface area contributed by atoms with Gasteiger partial charge >= 0.3 is 0 Å². The Balaban J connectivity index is 1.62. The van der Waals surface area contributed by atoms with E-state index in [0.717, 1.165) is 4.90 Å². The number of hydrogen-bond donors (Lipinski definition) is 2. The van der Waals surface area contributed by atoms with Crippen molar-refractivity contribution in [2.24, 2.45) is 0 Å². The molecule has 25 heavy (non-hydrogen) atoms. The Hall–Kier alpha value is -3.19. The second-order valence-electron chi connectivity index (χ2n) is 5.49. The lowest BCUT2D eigenvalue weighted by Gasteiger charge is -2.15. The van der Waals surface area contributed by atoms with Crippen molar-refractivity contribution in [2.75, 3.05) is 12.0 Å². The van der Waals surface area contributed by atoms with E-state index in [0.29, 0.717) is 17.0 Å². The predicted octanol–water partition coefficient (Wildman–Crippen LogP) is 1.26. The standard InChI is InChI=1S/C18H17N3O4/c1-25-14-9-7-12(8-10-14)17(23)20-19-15-11-16(22)21(18(15)24)13-5-3-2-4-6-13/h2-10,15,19H,11H2,1H3,(H,20,23)/t15-/m0/s1. The fraction of sp³-hybridized carbons (Fsp3) is 0.167. The van der Waals surface area contributed by atoms with Crippen molar-refractivity contribution in [3.63, 3.8) is 0 Å². The summed E-state index contributed by atoms with van der Waals surface area (Å²) in [6.07, 6.45) is -0.0172. The molecule has 1 atom stereocenters. The Kier molecular flexibility index (Phi) is 4.76. The Morgan fingerprint density at radius 3 is 2.40 bits per heavy atom. The summed E-state index contributed by atoms with van der Waals surface area (Å²) < 4.78 is 5.03. The minimum Gasteiger partial charge on any atom is -0.497 e. The van der Waals surface area contributed by atoms with Gasteiger partial charge in [-0.3, -0.25) is 19.8 Å². The van der Waals surface area contributed by atoms with Crippen LogP contribution >= 0.6 is 0 Å². The second kappa shape index (κ2) is 7.14. The second-order valence-corrected chi connectivity index (χ2v) is 5.49. The first kappa shape index (κ1) is 16.7. The predicted molar refractivity (Wildman–Crippen MR) is 90.9 cm³/mol. The van der Waals surface area contributed by atoms with Crippen LogP contribution in [0.1, 0.15) is 16.8 Å². The lowest BCUT2D eigenvalue weighted by Crippen LogP contribution is -2.48. The summed E-state index contributed by atoms with van der Waals surface area (Å²) in [5, 5.41) is 0. The molecule has 2 N–H and O–H groups in total. The SMILES string of the molecule is COc1ccc(C(=O)NN[C@H]2CC(=O)N(c3ccccc3)C2=O)cc1. The molecule has 0 unspecified atom stereocenters. The maximum Gasteiger partial charge on any atom is 0.265 e. The molecule has 128 valence electrons. The largest absolute Gasteiger partial charge is 0.497 e. The third-order valence-corrected chi connectivity index (χ3v) is 3.87. The van der Waals surface area contributed by atoms with E-state index in [1.807, 2.05) is 0 Å². The van der Waals surface area contributed by atoms with Crippen LogP contribution in [0.2, 0.25) is 0 Å². The highest BCUT2D eigenvalue weighted by Crippen LogP contribution is 2.22. The van der Waals surface area contributed by atoms with Gasteiger partial charge in [-0.1, -0.05) is 18.2 Å². The quantitative estimate of drug-likeness (QED) is 0.632. The van der Waals surface area contributed by atoms with Gasteiger partial charge in [-0.15, -0.1) is 0 Å². The Bertz CT molecular complexity index is 790. The van der Waals surface area contributed by atoms with Crippen molar-refractivity contribution >= 4 is 23.4 Å². The van der Waals surface area contributed by atoms with Crippen LogP contribution in [-0.2, 0) is 9.59 Å². The molecule has 0 radical (unpaired) electrons. The number of hydrogen-bond acceptors (Lipinski definition) is 5. The summed E-state index contributed by atoms with van der Waals surface area (Å²) >= 11 is 0. The lowest BCUT2D eigenvalue weighted by molar-refractivity contribution is -0.121. The number of amides is 3. The zero-order chi connectivity index (χ0) is 17.8. The summed E-state index contributed by atoms with van der Waals surface area (Å²) in [6.45, 7) is 0. The number of carbonyl (C=O) groups is 3. The first-order valence-electron chi connectivity index (χ1n) is 7.72. The highest BCUT2D eigenvalue weighted by molar-refractivity contribution is 6.22. The molecule has 1 heterocycles. The maximum absolute atomic E-state index is 12.4. The van der Waals surface area contributed by atoms with E-state index in [-0.39, 0.29) is 12.3 Å². The zero-order valence-corrected chi connectivity index (χ0v) is 13.6. The van der Waals surface area contributed by atoms with Crippen molar-refractivity contribution in [1.29, 1.82) is 0 Å². The van der Waals surface area contributed by atoms with E-state index in [9.17, 15) is 14.4 Å². The fourth-order valence-corrected chi connectivity index (χ4v) is 2.56. The van der Waals surface area contributed by atoms with E-state index in [1.165, 1.54) is 7.11 Å². The van der Waals surface area contributed by atoms with Gasteiger partial charge < -0.3 is 4.74 Å². The fourth-order valence-electron chi connectivity index (χ4n) is 2.56. The monoisotopic (exact) mass is 339 g/mol. The molecule has 2 aromatic rings. The van der Waals surface area contributed by atoms with Crippen molar-refractivity contribution in [3.8, 4) is 5.75 Å². The average Bonchev–Trinajstić information content (AvgIpc) is 2.94. The van der Waals surface area contributed by atoms with Crippen LogP contribution in [-0.4, -0.2) is 30.9 Å². The van der Waals surface area contributed by atoms with Gasteiger partial charge in [-0.2, -0.15) is 0 Å². The number of rotatable bonds is 5. The molecule has 3 amide bonds. The summed E-state index contributed by atoms with van der Waals surface area (Å²) in [6, 6.07) is 14.4. The van der Waals surface area contributed by atoms with Crippen LogP contribution in [0.4, 0.5) is 5.69 Å². The number of hydrazine groups is 1. The van der Waals surface area contributed by atoms with Crippen LogP contribution in [0.25, 0.3) is 0 Å². The van der Waals surface area contributed by atoms with Gasteiger partial charge in [0.2, 0.25) is 5.91 Å². The van der Waals surface area contributed by atoms with Gasteiger partial charge in [0.1, 0.15) is 11.8 Å². The van der Waals surface area contributed by atoms with Crippen molar-refractivity contribution in [3.05, 3.63) is 60.2 Å². The Morgan fingerprint density at radius 2 is 1.76 bits per heavy atom. The first-order valence-corrected chi connectivity index (χ1v) is 7.72. The Morgan fingerprint density at radius 1 is 1.08 bits per heavy atom. The highest BCUT2D eigenvalue weighted by atomic mass is 16.5. The van der Waals surface area contributed by atoms with Crippen LogP contribution in [0.15, 0.2) is 54.6 Å². The molecule has 0 bridgehead atoms. The normalized spacial score (nSPS) is 16.8. The van der Waals surface area contributed by atoms with Gasteiger partial charge in [0.25, 0.3) is 11.8 Å². The molecular weight excluding hydrogens is 322 g/mol. The summed E-state index contributed by atoms with van der Waals surface area (Å²) in [7, 11) is 1.54.